The van der Waals surface area contributed by atoms with E-state index in [4.69, 9.17) is 12.2 Å². The van der Waals surface area contributed by atoms with E-state index in [1.54, 1.807) is 12.1 Å². The quantitative estimate of drug-likeness (QED) is 0.642. The molecule has 1 unspecified atom stereocenters. The number of imidazole rings is 1. The monoisotopic (exact) mass is 352 g/mol. The number of aromatic amines is 1. The van der Waals surface area contributed by atoms with Crippen LogP contribution in [0.5, 0.6) is 0 Å². The molecule has 128 valence electrons. The fraction of sp³-hybridized carbons (Fsp3) is 0.286. The van der Waals surface area contributed by atoms with Crippen LogP contribution in [0.15, 0.2) is 54.7 Å². The van der Waals surface area contributed by atoms with Gasteiger partial charge in [0.2, 0.25) is 0 Å². The normalized spacial score (nSPS) is 19.1. The first-order valence-electron chi connectivity index (χ1n) is 8.71. The molecular weight excluding hydrogens is 331 g/mol. The van der Waals surface area contributed by atoms with Crippen LogP contribution < -0.4 is 0 Å². The maximum atomic E-state index is 13.6. The van der Waals surface area contributed by atoms with Crippen LogP contribution in [-0.2, 0) is 24.8 Å². The SMILES string of the molecule is CCC1(c2cn(Cc3ccccc3)c(=S)[nH]2)Cc2ccc(F)cc2C1. The van der Waals surface area contributed by atoms with Crippen molar-refractivity contribution in [1.82, 2.24) is 9.55 Å². The van der Waals surface area contributed by atoms with Crippen molar-refractivity contribution >= 4 is 12.2 Å². The lowest BCUT2D eigenvalue weighted by Gasteiger charge is -2.26. The molecule has 1 aliphatic rings. The number of hydrogen-bond donors (Lipinski definition) is 1. The highest BCUT2D eigenvalue weighted by Gasteiger charge is 2.38. The summed E-state index contributed by atoms with van der Waals surface area (Å²) in [6.45, 7) is 2.96. The third-order valence-corrected chi connectivity index (χ3v) is 5.79. The molecule has 3 aromatic rings. The number of nitrogens with one attached hydrogen (secondary N) is 1. The van der Waals surface area contributed by atoms with Crippen molar-refractivity contribution in [2.24, 2.45) is 0 Å². The molecule has 25 heavy (non-hydrogen) atoms. The first-order chi connectivity index (χ1) is 12.1. The minimum absolute atomic E-state index is 0.0222. The smallest absolute Gasteiger partial charge is 0.177 e. The van der Waals surface area contributed by atoms with E-state index in [0.717, 1.165) is 41.8 Å². The van der Waals surface area contributed by atoms with Gasteiger partial charge in [-0.1, -0.05) is 43.3 Å². The summed E-state index contributed by atoms with van der Waals surface area (Å²) in [5.74, 6) is -0.153. The number of H-pyrrole nitrogens is 1. The van der Waals surface area contributed by atoms with Gasteiger partial charge in [-0.3, -0.25) is 0 Å². The summed E-state index contributed by atoms with van der Waals surface area (Å²) in [6.07, 6.45) is 4.93. The van der Waals surface area contributed by atoms with Crippen molar-refractivity contribution in [1.29, 1.82) is 0 Å². The van der Waals surface area contributed by atoms with Crippen LogP contribution in [0, 0.1) is 10.6 Å². The zero-order valence-electron chi connectivity index (χ0n) is 14.3. The van der Waals surface area contributed by atoms with Crippen LogP contribution >= 0.6 is 12.2 Å². The van der Waals surface area contributed by atoms with Gasteiger partial charge in [0.05, 0.1) is 0 Å². The van der Waals surface area contributed by atoms with Crippen molar-refractivity contribution < 1.29 is 4.39 Å². The lowest BCUT2D eigenvalue weighted by Crippen LogP contribution is -2.26. The molecule has 0 bridgehead atoms. The predicted molar refractivity (Wildman–Crippen MR) is 101 cm³/mol. The topological polar surface area (TPSA) is 20.7 Å². The Morgan fingerprint density at radius 1 is 1.12 bits per heavy atom. The Balaban J connectivity index is 1.67. The van der Waals surface area contributed by atoms with Crippen molar-refractivity contribution in [2.45, 2.75) is 38.1 Å². The molecular formula is C21H21FN2S. The number of aromatic nitrogens is 2. The third-order valence-electron chi connectivity index (χ3n) is 5.46. The van der Waals surface area contributed by atoms with E-state index in [-0.39, 0.29) is 11.2 Å². The van der Waals surface area contributed by atoms with Gasteiger partial charge in [-0.15, -0.1) is 0 Å². The molecule has 0 amide bonds. The Kier molecular flexibility index (Phi) is 4.08. The fourth-order valence-electron chi connectivity index (χ4n) is 3.95. The van der Waals surface area contributed by atoms with Crippen LogP contribution in [0.4, 0.5) is 4.39 Å². The van der Waals surface area contributed by atoms with Gasteiger partial charge >= 0.3 is 0 Å². The van der Waals surface area contributed by atoms with Gasteiger partial charge in [-0.2, -0.15) is 0 Å². The van der Waals surface area contributed by atoms with E-state index in [0.29, 0.717) is 0 Å². The molecule has 4 heteroatoms. The summed E-state index contributed by atoms with van der Waals surface area (Å²) in [5, 5.41) is 0. The Hall–Kier alpha value is -2.20. The van der Waals surface area contributed by atoms with Gasteiger partial charge in [0.15, 0.2) is 4.77 Å². The molecule has 0 saturated heterocycles. The number of halogens is 1. The predicted octanol–water partition coefficient (Wildman–Crippen LogP) is 5.18. The van der Waals surface area contributed by atoms with E-state index in [1.165, 1.54) is 11.1 Å². The van der Waals surface area contributed by atoms with E-state index < -0.39 is 0 Å². The lowest BCUT2D eigenvalue weighted by atomic mass is 9.79. The Bertz CT molecular complexity index is 958. The second-order valence-electron chi connectivity index (χ2n) is 6.99. The van der Waals surface area contributed by atoms with E-state index in [9.17, 15) is 4.39 Å². The van der Waals surface area contributed by atoms with Crippen molar-refractivity contribution in [2.75, 3.05) is 0 Å². The summed E-state index contributed by atoms with van der Waals surface area (Å²) in [5.41, 5.74) is 4.74. The minimum Gasteiger partial charge on any atom is -0.334 e. The second kappa shape index (κ2) is 6.26. The number of fused-ring (bicyclic) bond motifs is 1. The number of rotatable bonds is 4. The van der Waals surface area contributed by atoms with Gasteiger partial charge in [0.1, 0.15) is 5.82 Å². The Labute approximate surface area is 152 Å². The van der Waals surface area contributed by atoms with Gasteiger partial charge in [0, 0.05) is 23.9 Å². The third kappa shape index (κ3) is 2.95. The average Bonchev–Trinajstić information content (AvgIpc) is 3.17. The van der Waals surface area contributed by atoms with Crippen LogP contribution in [0.2, 0.25) is 0 Å². The molecule has 1 atom stereocenters. The van der Waals surface area contributed by atoms with Gasteiger partial charge in [0.25, 0.3) is 0 Å². The van der Waals surface area contributed by atoms with E-state index in [1.807, 2.05) is 24.3 Å². The molecule has 2 aromatic carbocycles. The van der Waals surface area contributed by atoms with Crippen LogP contribution in [0.25, 0.3) is 0 Å². The Morgan fingerprint density at radius 3 is 2.64 bits per heavy atom. The number of benzene rings is 2. The molecule has 1 aliphatic carbocycles. The van der Waals surface area contributed by atoms with Crippen LogP contribution in [0.1, 0.15) is 35.7 Å². The molecule has 1 aromatic heterocycles. The first-order valence-corrected chi connectivity index (χ1v) is 9.12. The van der Waals surface area contributed by atoms with Crippen molar-refractivity contribution in [3.05, 3.63) is 87.7 Å². The summed E-state index contributed by atoms with van der Waals surface area (Å²) < 4.78 is 16.4. The van der Waals surface area contributed by atoms with E-state index >= 15 is 0 Å². The minimum atomic E-state index is -0.153. The number of nitrogens with zero attached hydrogens (tertiary/aromatic N) is 1. The number of hydrogen-bond acceptors (Lipinski definition) is 1. The largest absolute Gasteiger partial charge is 0.334 e. The maximum Gasteiger partial charge on any atom is 0.177 e. The Morgan fingerprint density at radius 2 is 1.88 bits per heavy atom. The molecule has 2 nitrogen and oxygen atoms in total. The van der Waals surface area contributed by atoms with Crippen molar-refractivity contribution in [3.8, 4) is 0 Å². The average molecular weight is 352 g/mol. The molecule has 0 spiro atoms. The van der Waals surface area contributed by atoms with Crippen molar-refractivity contribution in [3.63, 3.8) is 0 Å². The first kappa shape index (κ1) is 16.3. The molecule has 0 fully saturated rings. The second-order valence-corrected chi connectivity index (χ2v) is 7.37. The molecule has 0 saturated carbocycles. The highest BCUT2D eigenvalue weighted by Crippen LogP contribution is 2.41. The maximum absolute atomic E-state index is 13.6. The van der Waals surface area contributed by atoms with Crippen LogP contribution in [0.3, 0.4) is 0 Å². The van der Waals surface area contributed by atoms with Crippen LogP contribution in [-0.4, -0.2) is 9.55 Å². The highest BCUT2D eigenvalue weighted by molar-refractivity contribution is 7.71. The van der Waals surface area contributed by atoms with Gasteiger partial charge in [-0.05, 0) is 60.3 Å². The summed E-state index contributed by atoms with van der Waals surface area (Å²) >= 11 is 5.56. The van der Waals surface area contributed by atoms with Gasteiger partial charge in [-0.25, -0.2) is 4.39 Å². The zero-order chi connectivity index (χ0) is 17.4. The highest BCUT2D eigenvalue weighted by atomic mass is 32.1. The fourth-order valence-corrected chi connectivity index (χ4v) is 4.18. The molecule has 0 radical (unpaired) electrons. The standard InChI is InChI=1S/C21H21FN2S/c1-2-21(11-16-8-9-18(22)10-17(16)12-21)19-14-24(20(25)23-19)13-15-6-4-3-5-7-15/h3-10,14H,2,11-13H2,1H3,(H,23,25). The lowest BCUT2D eigenvalue weighted by molar-refractivity contribution is 0.423. The van der Waals surface area contributed by atoms with E-state index in [2.05, 4.69) is 34.8 Å². The summed E-state index contributed by atoms with van der Waals surface area (Å²) in [7, 11) is 0. The molecule has 0 aliphatic heterocycles. The summed E-state index contributed by atoms with van der Waals surface area (Å²) in [4.78, 5) is 3.43. The zero-order valence-corrected chi connectivity index (χ0v) is 15.1. The molecule has 1 N–H and O–H groups in total. The molecule has 1 heterocycles. The van der Waals surface area contributed by atoms with Gasteiger partial charge < -0.3 is 9.55 Å². The summed E-state index contributed by atoms with van der Waals surface area (Å²) in [6, 6.07) is 15.5. The molecule has 4 rings (SSSR count).